The summed E-state index contributed by atoms with van der Waals surface area (Å²) in [5.74, 6) is 2.64. The minimum absolute atomic E-state index is 0.103. The SMILES string of the molecule is O=C=C1CCC(Oc2cccnc2)CN1. The van der Waals surface area contributed by atoms with Crippen LogP contribution in [0.5, 0.6) is 5.75 Å². The molecule has 1 atom stereocenters. The van der Waals surface area contributed by atoms with Gasteiger partial charge in [0.15, 0.2) is 0 Å². The summed E-state index contributed by atoms with van der Waals surface area (Å²) in [5, 5.41) is 2.99. The van der Waals surface area contributed by atoms with Crippen molar-refractivity contribution in [3.8, 4) is 5.75 Å². The lowest BCUT2D eigenvalue weighted by Crippen LogP contribution is -2.36. The molecule has 0 aromatic carbocycles. The molecule has 0 aliphatic carbocycles. The van der Waals surface area contributed by atoms with E-state index in [1.165, 1.54) is 0 Å². The van der Waals surface area contributed by atoms with E-state index in [1.54, 1.807) is 12.4 Å². The van der Waals surface area contributed by atoms with Gasteiger partial charge in [-0.25, -0.2) is 4.79 Å². The van der Waals surface area contributed by atoms with Crippen LogP contribution in [-0.2, 0) is 4.79 Å². The molecule has 4 heteroatoms. The Morgan fingerprint density at radius 1 is 1.60 bits per heavy atom. The van der Waals surface area contributed by atoms with E-state index < -0.39 is 0 Å². The summed E-state index contributed by atoms with van der Waals surface area (Å²) in [5.41, 5.74) is 0.640. The summed E-state index contributed by atoms with van der Waals surface area (Å²) >= 11 is 0. The molecule has 1 N–H and O–H groups in total. The van der Waals surface area contributed by atoms with Crippen molar-refractivity contribution in [3.63, 3.8) is 0 Å². The average Bonchev–Trinajstić information content (AvgIpc) is 2.31. The van der Waals surface area contributed by atoms with Crippen LogP contribution in [0.4, 0.5) is 0 Å². The Hall–Kier alpha value is -1.80. The van der Waals surface area contributed by atoms with Gasteiger partial charge in [0.05, 0.1) is 18.4 Å². The number of rotatable bonds is 2. The van der Waals surface area contributed by atoms with E-state index in [1.807, 2.05) is 18.1 Å². The third kappa shape index (κ3) is 2.58. The molecule has 1 aromatic heterocycles. The predicted molar refractivity (Wildman–Crippen MR) is 55.1 cm³/mol. The van der Waals surface area contributed by atoms with Crippen molar-refractivity contribution >= 4 is 5.94 Å². The monoisotopic (exact) mass is 204 g/mol. The second-order valence-electron chi connectivity index (χ2n) is 3.43. The number of allylic oxidation sites excluding steroid dienone is 1. The van der Waals surface area contributed by atoms with Gasteiger partial charge < -0.3 is 10.1 Å². The molecule has 0 amide bonds. The minimum atomic E-state index is 0.103. The second-order valence-corrected chi connectivity index (χ2v) is 3.43. The van der Waals surface area contributed by atoms with Gasteiger partial charge in [0.25, 0.3) is 0 Å². The molecule has 0 saturated carbocycles. The van der Waals surface area contributed by atoms with Crippen molar-refractivity contribution in [1.82, 2.24) is 10.3 Å². The number of pyridine rings is 1. The van der Waals surface area contributed by atoms with Gasteiger partial charge in [-0.15, -0.1) is 0 Å². The molecule has 78 valence electrons. The van der Waals surface area contributed by atoms with Gasteiger partial charge in [-0.3, -0.25) is 4.98 Å². The van der Waals surface area contributed by atoms with Gasteiger partial charge >= 0.3 is 0 Å². The molecule has 1 aliphatic rings. The minimum Gasteiger partial charge on any atom is -0.487 e. The van der Waals surface area contributed by atoms with Crippen molar-refractivity contribution in [3.05, 3.63) is 30.2 Å². The van der Waals surface area contributed by atoms with Crippen LogP contribution in [0.3, 0.4) is 0 Å². The molecule has 0 radical (unpaired) electrons. The first-order chi connectivity index (χ1) is 7.38. The van der Waals surface area contributed by atoms with Gasteiger partial charge in [-0.2, -0.15) is 0 Å². The van der Waals surface area contributed by atoms with E-state index in [4.69, 9.17) is 4.74 Å². The molecule has 1 unspecified atom stereocenters. The molecular weight excluding hydrogens is 192 g/mol. The lowest BCUT2D eigenvalue weighted by molar-refractivity contribution is 0.177. The predicted octanol–water partition coefficient (Wildman–Crippen LogP) is 0.928. The van der Waals surface area contributed by atoms with Gasteiger partial charge in [-0.1, -0.05) is 0 Å². The maximum Gasteiger partial charge on any atom is 0.145 e. The largest absolute Gasteiger partial charge is 0.487 e. The lowest BCUT2D eigenvalue weighted by Gasteiger charge is -2.24. The molecule has 1 aliphatic heterocycles. The zero-order chi connectivity index (χ0) is 10.5. The first-order valence-electron chi connectivity index (χ1n) is 4.93. The van der Waals surface area contributed by atoms with Gasteiger partial charge in [0, 0.05) is 12.6 Å². The summed E-state index contributed by atoms with van der Waals surface area (Å²) in [6, 6.07) is 3.71. The number of hydrogen-bond acceptors (Lipinski definition) is 4. The number of aromatic nitrogens is 1. The van der Waals surface area contributed by atoms with E-state index in [-0.39, 0.29) is 6.10 Å². The van der Waals surface area contributed by atoms with Crippen LogP contribution in [0, 0.1) is 0 Å². The van der Waals surface area contributed by atoms with Crippen LogP contribution < -0.4 is 10.1 Å². The summed E-state index contributed by atoms with van der Waals surface area (Å²) in [6.45, 7) is 0.652. The van der Waals surface area contributed by atoms with E-state index in [2.05, 4.69) is 10.3 Å². The van der Waals surface area contributed by atoms with Crippen LogP contribution >= 0.6 is 0 Å². The quantitative estimate of drug-likeness (QED) is 0.728. The summed E-state index contributed by atoms with van der Waals surface area (Å²) in [4.78, 5) is 14.3. The molecule has 2 heterocycles. The Balaban J connectivity index is 1.90. The molecular formula is C11H12N2O2. The highest BCUT2D eigenvalue weighted by atomic mass is 16.5. The molecule has 0 spiro atoms. The summed E-state index contributed by atoms with van der Waals surface area (Å²) < 4.78 is 5.68. The number of ether oxygens (including phenoxy) is 1. The Kier molecular flexibility index (Phi) is 3.00. The summed E-state index contributed by atoms with van der Waals surface area (Å²) in [7, 11) is 0. The van der Waals surface area contributed by atoms with E-state index in [0.717, 1.165) is 12.2 Å². The Labute approximate surface area is 88.0 Å². The standard InChI is InChI=1S/C11H12N2O2/c14-8-9-3-4-11(7-13-9)15-10-2-1-5-12-6-10/h1-2,5-6,11,13H,3-4,7H2. The molecule has 1 saturated heterocycles. The normalized spacial score (nSPS) is 20.3. The maximum atomic E-state index is 10.3. The van der Waals surface area contributed by atoms with Crippen LogP contribution in [0.1, 0.15) is 12.8 Å². The van der Waals surface area contributed by atoms with Crippen LogP contribution in [0.25, 0.3) is 0 Å². The first kappa shape index (κ1) is 9.74. The van der Waals surface area contributed by atoms with Crippen LogP contribution in [0.15, 0.2) is 30.2 Å². The average molecular weight is 204 g/mol. The van der Waals surface area contributed by atoms with Crippen LogP contribution in [0.2, 0.25) is 0 Å². The highest BCUT2D eigenvalue weighted by Crippen LogP contribution is 2.16. The number of carbonyl (C=O) groups excluding carboxylic acids is 1. The zero-order valence-corrected chi connectivity index (χ0v) is 8.27. The zero-order valence-electron chi connectivity index (χ0n) is 8.27. The van der Waals surface area contributed by atoms with Crippen molar-refractivity contribution in [2.24, 2.45) is 0 Å². The second kappa shape index (κ2) is 4.62. The molecule has 15 heavy (non-hydrogen) atoms. The van der Waals surface area contributed by atoms with Gasteiger partial charge in [0.2, 0.25) is 0 Å². The smallest absolute Gasteiger partial charge is 0.145 e. The first-order valence-corrected chi connectivity index (χ1v) is 4.93. The number of nitrogens with one attached hydrogen (secondary N) is 1. The molecule has 2 rings (SSSR count). The fraction of sp³-hybridized carbons (Fsp3) is 0.364. The van der Waals surface area contributed by atoms with Crippen molar-refractivity contribution < 1.29 is 9.53 Å². The van der Waals surface area contributed by atoms with E-state index in [9.17, 15) is 4.79 Å². The molecule has 4 nitrogen and oxygen atoms in total. The van der Waals surface area contributed by atoms with Crippen LogP contribution in [-0.4, -0.2) is 23.6 Å². The molecule has 1 aromatic rings. The fourth-order valence-electron chi connectivity index (χ4n) is 1.53. The van der Waals surface area contributed by atoms with Crippen molar-refractivity contribution in [2.45, 2.75) is 18.9 Å². The Morgan fingerprint density at radius 3 is 3.13 bits per heavy atom. The highest BCUT2D eigenvalue weighted by molar-refractivity contribution is 5.51. The summed E-state index contributed by atoms with van der Waals surface area (Å²) in [6.07, 6.45) is 5.04. The van der Waals surface area contributed by atoms with E-state index in [0.29, 0.717) is 18.7 Å². The maximum absolute atomic E-state index is 10.3. The fourth-order valence-corrected chi connectivity index (χ4v) is 1.53. The van der Waals surface area contributed by atoms with Crippen molar-refractivity contribution in [2.75, 3.05) is 6.54 Å². The van der Waals surface area contributed by atoms with Crippen molar-refractivity contribution in [1.29, 1.82) is 0 Å². The third-order valence-electron chi connectivity index (χ3n) is 2.32. The van der Waals surface area contributed by atoms with E-state index >= 15 is 0 Å². The highest BCUT2D eigenvalue weighted by Gasteiger charge is 2.17. The number of piperidine rings is 1. The molecule has 0 bridgehead atoms. The third-order valence-corrected chi connectivity index (χ3v) is 2.32. The molecule has 1 fully saturated rings. The number of hydrogen-bond donors (Lipinski definition) is 1. The Bertz CT molecular complexity index is 361. The van der Waals surface area contributed by atoms with Gasteiger partial charge in [0.1, 0.15) is 17.8 Å². The topological polar surface area (TPSA) is 51.2 Å². The lowest BCUT2D eigenvalue weighted by atomic mass is 10.1. The van der Waals surface area contributed by atoms with Gasteiger partial charge in [-0.05, 0) is 18.6 Å². The Morgan fingerprint density at radius 2 is 2.53 bits per heavy atom. The number of nitrogens with zero attached hydrogens (tertiary/aromatic N) is 1.